The van der Waals surface area contributed by atoms with Gasteiger partial charge in [0.15, 0.2) is 0 Å². The van der Waals surface area contributed by atoms with Crippen molar-refractivity contribution in [2.24, 2.45) is 5.41 Å². The number of hydrogen-bond donors (Lipinski definition) is 2. The molecule has 1 saturated carbocycles. The lowest BCUT2D eigenvalue weighted by molar-refractivity contribution is -0.128. The average Bonchev–Trinajstić information content (AvgIpc) is 2.77. The van der Waals surface area contributed by atoms with Crippen LogP contribution in [0, 0.1) is 5.41 Å². The van der Waals surface area contributed by atoms with E-state index in [4.69, 9.17) is 27.9 Å². The molecule has 1 amide bonds. The quantitative estimate of drug-likeness (QED) is 0.765. The van der Waals surface area contributed by atoms with Crippen molar-refractivity contribution < 1.29 is 14.6 Å². The topological polar surface area (TPSA) is 58.6 Å². The van der Waals surface area contributed by atoms with Gasteiger partial charge < -0.3 is 15.2 Å². The van der Waals surface area contributed by atoms with Crippen LogP contribution in [0.15, 0.2) is 0 Å². The molecule has 98 valence electrons. The van der Waals surface area contributed by atoms with Crippen molar-refractivity contribution in [3.63, 3.8) is 0 Å². The SMILES string of the molecule is CC1(C(=O)NCC2(O)CCOCC2)CC1(Cl)Cl. The maximum Gasteiger partial charge on any atom is 0.229 e. The lowest BCUT2D eigenvalue weighted by atomic mass is 9.94. The number of nitrogens with one attached hydrogen (secondary N) is 1. The number of alkyl halides is 2. The monoisotopic (exact) mass is 281 g/mol. The molecule has 0 aromatic carbocycles. The van der Waals surface area contributed by atoms with Crippen LogP contribution in [-0.2, 0) is 9.53 Å². The van der Waals surface area contributed by atoms with Crippen LogP contribution in [0.4, 0.5) is 0 Å². The standard InChI is InChI=1S/C11H17Cl2NO3/c1-9(6-11(9,12)13)8(15)14-7-10(16)2-4-17-5-3-10/h16H,2-7H2,1H3,(H,14,15). The highest BCUT2D eigenvalue weighted by molar-refractivity contribution is 6.53. The molecule has 2 aliphatic rings. The van der Waals surface area contributed by atoms with Gasteiger partial charge in [-0.05, 0) is 13.3 Å². The highest BCUT2D eigenvalue weighted by atomic mass is 35.5. The third-order valence-corrected chi connectivity index (χ3v) is 4.86. The fraction of sp³-hybridized carbons (Fsp3) is 0.909. The van der Waals surface area contributed by atoms with Crippen LogP contribution in [0.2, 0.25) is 0 Å². The van der Waals surface area contributed by atoms with E-state index >= 15 is 0 Å². The van der Waals surface area contributed by atoms with E-state index in [1.54, 1.807) is 6.92 Å². The summed E-state index contributed by atoms with van der Waals surface area (Å²) in [4.78, 5) is 11.9. The third-order valence-electron chi connectivity index (χ3n) is 3.76. The van der Waals surface area contributed by atoms with E-state index in [0.29, 0.717) is 32.5 Å². The number of amides is 1. The first-order chi connectivity index (χ1) is 7.79. The minimum absolute atomic E-state index is 0.192. The Balaban J connectivity index is 1.84. The molecule has 6 heteroatoms. The van der Waals surface area contributed by atoms with Crippen molar-refractivity contribution in [1.29, 1.82) is 0 Å². The molecule has 17 heavy (non-hydrogen) atoms. The number of carbonyl (C=O) groups is 1. The van der Waals surface area contributed by atoms with Crippen LogP contribution in [0.25, 0.3) is 0 Å². The number of halogens is 2. The summed E-state index contributed by atoms with van der Waals surface area (Å²) in [7, 11) is 0. The molecule has 1 heterocycles. The zero-order valence-corrected chi connectivity index (χ0v) is 11.3. The Hall–Kier alpha value is -0.0300. The summed E-state index contributed by atoms with van der Waals surface area (Å²) in [5, 5.41) is 12.9. The Labute approximate surface area is 111 Å². The van der Waals surface area contributed by atoms with Crippen LogP contribution in [-0.4, -0.2) is 40.7 Å². The maximum absolute atomic E-state index is 11.9. The van der Waals surface area contributed by atoms with Gasteiger partial charge in [-0.25, -0.2) is 0 Å². The highest BCUT2D eigenvalue weighted by Gasteiger charge is 2.67. The minimum Gasteiger partial charge on any atom is -0.388 e. The summed E-state index contributed by atoms with van der Waals surface area (Å²) < 4.78 is 4.21. The van der Waals surface area contributed by atoms with Crippen LogP contribution < -0.4 is 5.32 Å². The van der Waals surface area contributed by atoms with E-state index in [-0.39, 0.29) is 12.5 Å². The number of ether oxygens (including phenoxy) is 1. The Morgan fingerprint density at radius 3 is 2.41 bits per heavy atom. The first kappa shape index (κ1) is 13.4. The number of rotatable bonds is 3. The maximum atomic E-state index is 11.9. The Bertz CT molecular complexity index is 329. The molecule has 0 aromatic rings. The molecular weight excluding hydrogens is 265 g/mol. The summed E-state index contributed by atoms with van der Waals surface area (Å²) in [6.45, 7) is 3.02. The predicted molar refractivity (Wildman–Crippen MR) is 65.2 cm³/mol. The van der Waals surface area contributed by atoms with Gasteiger partial charge in [-0.2, -0.15) is 0 Å². The first-order valence-corrected chi connectivity index (χ1v) is 6.51. The predicted octanol–water partition coefficient (Wildman–Crippen LogP) is 1.23. The fourth-order valence-electron chi connectivity index (χ4n) is 2.01. The number of carbonyl (C=O) groups excluding carboxylic acids is 1. The van der Waals surface area contributed by atoms with Crippen molar-refractivity contribution >= 4 is 29.1 Å². The van der Waals surface area contributed by atoms with Crippen molar-refractivity contribution in [1.82, 2.24) is 5.32 Å². The molecular formula is C11H17Cl2NO3. The highest BCUT2D eigenvalue weighted by Crippen LogP contribution is 2.63. The van der Waals surface area contributed by atoms with Gasteiger partial charge in [-0.15, -0.1) is 23.2 Å². The Morgan fingerprint density at radius 2 is 1.94 bits per heavy atom. The minimum atomic E-state index is -0.963. The van der Waals surface area contributed by atoms with Gasteiger partial charge in [-0.3, -0.25) is 4.79 Å². The summed E-state index contributed by atoms with van der Waals surface area (Å²) in [5.41, 5.74) is -1.59. The van der Waals surface area contributed by atoms with Crippen molar-refractivity contribution in [3.05, 3.63) is 0 Å². The molecule has 2 fully saturated rings. The molecule has 1 atom stereocenters. The molecule has 1 aliphatic carbocycles. The molecule has 4 nitrogen and oxygen atoms in total. The largest absolute Gasteiger partial charge is 0.388 e. The molecule has 0 radical (unpaired) electrons. The van der Waals surface area contributed by atoms with Gasteiger partial charge in [0, 0.05) is 32.6 Å². The van der Waals surface area contributed by atoms with Crippen molar-refractivity contribution in [3.8, 4) is 0 Å². The molecule has 0 spiro atoms. The fourth-order valence-corrected chi connectivity index (χ4v) is 2.72. The van der Waals surface area contributed by atoms with Crippen molar-refractivity contribution in [2.45, 2.75) is 36.1 Å². The van der Waals surface area contributed by atoms with Crippen LogP contribution in [0.1, 0.15) is 26.2 Å². The van der Waals surface area contributed by atoms with Crippen molar-refractivity contribution in [2.75, 3.05) is 19.8 Å². The molecule has 2 rings (SSSR count). The third kappa shape index (κ3) is 2.55. The number of hydrogen-bond acceptors (Lipinski definition) is 3. The van der Waals surface area contributed by atoms with Crippen LogP contribution in [0.3, 0.4) is 0 Å². The van der Waals surface area contributed by atoms with E-state index in [0.717, 1.165) is 0 Å². The lowest BCUT2D eigenvalue weighted by Crippen LogP contribution is -2.48. The second-order valence-corrected chi connectivity index (χ2v) is 6.72. The number of aliphatic hydroxyl groups is 1. The second-order valence-electron chi connectivity index (χ2n) is 5.23. The smallest absolute Gasteiger partial charge is 0.229 e. The van der Waals surface area contributed by atoms with E-state index in [1.165, 1.54) is 0 Å². The first-order valence-electron chi connectivity index (χ1n) is 5.75. The summed E-state index contributed by atoms with van der Waals surface area (Å²) in [6.07, 6.45) is 1.53. The zero-order valence-electron chi connectivity index (χ0n) is 9.76. The molecule has 0 aromatic heterocycles. The van der Waals surface area contributed by atoms with Crippen LogP contribution >= 0.6 is 23.2 Å². The summed E-state index contributed by atoms with van der Waals surface area (Å²) >= 11 is 11.8. The Kier molecular flexibility index (Phi) is 3.36. The molecule has 1 unspecified atom stereocenters. The normalized spacial score (nSPS) is 34.1. The molecule has 1 aliphatic heterocycles. The van der Waals surface area contributed by atoms with Gasteiger partial charge in [0.05, 0.1) is 11.0 Å². The van der Waals surface area contributed by atoms with Gasteiger partial charge in [0.2, 0.25) is 5.91 Å². The summed E-state index contributed by atoms with van der Waals surface area (Å²) in [6, 6.07) is 0. The second kappa shape index (κ2) is 4.26. The van der Waals surface area contributed by atoms with Crippen LogP contribution in [0.5, 0.6) is 0 Å². The van der Waals surface area contributed by atoms with E-state index in [9.17, 15) is 9.90 Å². The summed E-state index contributed by atoms with van der Waals surface area (Å²) in [5.74, 6) is -0.192. The Morgan fingerprint density at radius 1 is 1.41 bits per heavy atom. The van der Waals surface area contributed by atoms with E-state index in [1.807, 2.05) is 0 Å². The molecule has 1 saturated heterocycles. The van der Waals surface area contributed by atoms with Gasteiger partial charge >= 0.3 is 0 Å². The van der Waals surface area contributed by atoms with E-state index < -0.39 is 15.3 Å². The lowest BCUT2D eigenvalue weighted by Gasteiger charge is -2.32. The molecule has 0 bridgehead atoms. The van der Waals surface area contributed by atoms with E-state index in [2.05, 4.69) is 5.32 Å². The zero-order chi connectivity index (χ0) is 12.7. The van der Waals surface area contributed by atoms with Gasteiger partial charge in [0.1, 0.15) is 4.33 Å². The van der Waals surface area contributed by atoms with Gasteiger partial charge in [0.25, 0.3) is 0 Å². The average molecular weight is 282 g/mol. The molecule has 2 N–H and O–H groups in total. The van der Waals surface area contributed by atoms with Gasteiger partial charge in [-0.1, -0.05) is 0 Å².